The number of imide groups is 1. The molecule has 0 aromatic heterocycles. The smallest absolute Gasteiger partial charge is 0.417 e. The predicted octanol–water partition coefficient (Wildman–Crippen LogP) is 2.65. The molecule has 1 aromatic rings. The van der Waals surface area contributed by atoms with Crippen LogP contribution in [0.5, 0.6) is 0 Å². The molecule has 2 amide bonds. The number of nitrogens with zero attached hydrogens (tertiary/aromatic N) is 1. The maximum absolute atomic E-state index is 12.5. The Hall–Kier alpha value is -2.37. The highest BCUT2D eigenvalue weighted by Crippen LogP contribution is 2.37. The first-order valence-corrected chi connectivity index (χ1v) is 7.87. The lowest BCUT2D eigenvalue weighted by atomic mass is 9.72. The minimum atomic E-state index is -1.06. The summed E-state index contributed by atoms with van der Waals surface area (Å²) in [6.07, 6.45) is -0.503. The maximum atomic E-state index is 12.5. The van der Waals surface area contributed by atoms with Gasteiger partial charge in [0.2, 0.25) is 5.91 Å². The predicted molar refractivity (Wildman–Crippen MR) is 87.3 cm³/mol. The Morgan fingerprint density at radius 1 is 1.17 bits per heavy atom. The van der Waals surface area contributed by atoms with Gasteiger partial charge in [-0.15, -0.1) is 0 Å². The van der Waals surface area contributed by atoms with Crippen molar-refractivity contribution in [1.29, 1.82) is 0 Å². The van der Waals surface area contributed by atoms with Gasteiger partial charge in [-0.2, -0.15) is 0 Å². The van der Waals surface area contributed by atoms with Gasteiger partial charge in [-0.1, -0.05) is 30.3 Å². The third-order valence-electron chi connectivity index (χ3n) is 4.03. The van der Waals surface area contributed by atoms with Crippen molar-refractivity contribution in [2.24, 2.45) is 0 Å². The molecule has 0 radical (unpaired) electrons. The van der Waals surface area contributed by atoms with Crippen molar-refractivity contribution in [3.05, 3.63) is 35.9 Å². The van der Waals surface area contributed by atoms with E-state index in [9.17, 15) is 14.4 Å². The maximum Gasteiger partial charge on any atom is 0.417 e. The van der Waals surface area contributed by atoms with E-state index in [1.54, 1.807) is 32.9 Å². The van der Waals surface area contributed by atoms with Gasteiger partial charge >= 0.3 is 12.1 Å². The topological polar surface area (TPSA) is 72.9 Å². The molecule has 1 atom stereocenters. The highest BCUT2D eigenvalue weighted by molar-refractivity contribution is 5.98. The standard InChI is InChI=1S/C18H23NO5/c1-17(2,3)24-16(22)19-11-10-18(12-14(19)20,15(21)23-4)13-8-6-5-7-9-13/h5-9H,10-12H2,1-4H3. The number of methoxy groups -OCH3 is 1. The molecule has 6 nitrogen and oxygen atoms in total. The summed E-state index contributed by atoms with van der Waals surface area (Å²) >= 11 is 0. The van der Waals surface area contributed by atoms with Crippen molar-refractivity contribution in [3.8, 4) is 0 Å². The van der Waals surface area contributed by atoms with Gasteiger partial charge in [0.15, 0.2) is 0 Å². The van der Waals surface area contributed by atoms with Gasteiger partial charge in [0, 0.05) is 13.0 Å². The second kappa shape index (κ2) is 6.63. The van der Waals surface area contributed by atoms with E-state index in [1.807, 2.05) is 18.2 Å². The molecule has 1 saturated heterocycles. The van der Waals surface area contributed by atoms with E-state index in [2.05, 4.69) is 0 Å². The summed E-state index contributed by atoms with van der Waals surface area (Å²) in [5.41, 5.74) is -1.03. The number of rotatable bonds is 2. The third-order valence-corrected chi connectivity index (χ3v) is 4.03. The fourth-order valence-electron chi connectivity index (χ4n) is 2.87. The Balaban J connectivity index is 2.26. The van der Waals surface area contributed by atoms with Crippen molar-refractivity contribution in [1.82, 2.24) is 4.90 Å². The Morgan fingerprint density at radius 2 is 1.79 bits per heavy atom. The zero-order chi connectivity index (χ0) is 18.0. The van der Waals surface area contributed by atoms with Crippen molar-refractivity contribution < 1.29 is 23.9 Å². The Bertz CT molecular complexity index is 635. The van der Waals surface area contributed by atoms with Gasteiger partial charge in [-0.3, -0.25) is 9.59 Å². The van der Waals surface area contributed by atoms with E-state index in [1.165, 1.54) is 7.11 Å². The number of esters is 1. The fraction of sp³-hybridized carbons (Fsp3) is 0.500. The van der Waals surface area contributed by atoms with Crippen LogP contribution in [0.25, 0.3) is 0 Å². The highest BCUT2D eigenvalue weighted by Gasteiger charge is 2.49. The average Bonchev–Trinajstić information content (AvgIpc) is 2.52. The summed E-state index contributed by atoms with van der Waals surface area (Å²) in [6.45, 7) is 5.32. The average molecular weight is 333 g/mol. The molecule has 1 aliphatic heterocycles. The Kier molecular flexibility index (Phi) is 4.96. The van der Waals surface area contributed by atoms with E-state index in [0.717, 1.165) is 4.90 Å². The van der Waals surface area contributed by atoms with Crippen molar-refractivity contribution in [2.75, 3.05) is 13.7 Å². The van der Waals surface area contributed by atoms with Crippen LogP contribution >= 0.6 is 0 Å². The van der Waals surface area contributed by atoms with Crippen molar-refractivity contribution in [3.63, 3.8) is 0 Å². The number of piperidine rings is 1. The molecule has 1 fully saturated rings. The molecule has 130 valence electrons. The molecule has 1 aromatic carbocycles. The lowest BCUT2D eigenvalue weighted by molar-refractivity contribution is -0.154. The van der Waals surface area contributed by atoms with Crippen LogP contribution in [-0.4, -0.2) is 42.1 Å². The van der Waals surface area contributed by atoms with E-state index in [-0.39, 0.29) is 13.0 Å². The summed E-state index contributed by atoms with van der Waals surface area (Å²) < 4.78 is 10.2. The molecular formula is C18H23NO5. The number of amides is 2. The Morgan fingerprint density at radius 3 is 2.29 bits per heavy atom. The van der Waals surface area contributed by atoms with Crippen LogP contribution in [0.3, 0.4) is 0 Å². The summed E-state index contributed by atoms with van der Waals surface area (Å²) in [7, 11) is 1.30. The summed E-state index contributed by atoms with van der Waals surface area (Å²) in [5.74, 6) is -0.907. The van der Waals surface area contributed by atoms with Gasteiger partial charge in [-0.05, 0) is 32.8 Å². The number of benzene rings is 1. The number of carbonyl (C=O) groups excluding carboxylic acids is 3. The monoisotopic (exact) mass is 333 g/mol. The van der Waals surface area contributed by atoms with E-state index in [0.29, 0.717) is 12.0 Å². The van der Waals surface area contributed by atoms with Crippen LogP contribution in [0.15, 0.2) is 30.3 Å². The molecule has 1 unspecified atom stereocenters. The lowest BCUT2D eigenvalue weighted by Gasteiger charge is -2.38. The number of carbonyl (C=O) groups is 3. The van der Waals surface area contributed by atoms with Crippen molar-refractivity contribution >= 4 is 18.0 Å². The first-order chi connectivity index (χ1) is 11.2. The van der Waals surface area contributed by atoms with E-state index >= 15 is 0 Å². The minimum Gasteiger partial charge on any atom is -0.468 e. The van der Waals surface area contributed by atoms with Gasteiger partial charge in [0.1, 0.15) is 11.0 Å². The second-order valence-electron chi connectivity index (χ2n) is 6.89. The molecule has 1 aliphatic rings. The molecule has 2 rings (SSSR count). The fourth-order valence-corrected chi connectivity index (χ4v) is 2.87. The highest BCUT2D eigenvalue weighted by atomic mass is 16.6. The van der Waals surface area contributed by atoms with Gasteiger partial charge in [0.05, 0.1) is 7.11 Å². The van der Waals surface area contributed by atoms with Crippen LogP contribution in [0.1, 0.15) is 39.2 Å². The van der Waals surface area contributed by atoms with E-state index < -0.39 is 29.0 Å². The van der Waals surface area contributed by atoms with Gasteiger partial charge in [-0.25, -0.2) is 9.69 Å². The summed E-state index contributed by atoms with van der Waals surface area (Å²) in [4.78, 5) is 38.2. The first-order valence-electron chi connectivity index (χ1n) is 7.87. The molecule has 0 bridgehead atoms. The van der Waals surface area contributed by atoms with Gasteiger partial charge in [0.25, 0.3) is 0 Å². The number of hydrogen-bond acceptors (Lipinski definition) is 5. The van der Waals surface area contributed by atoms with Crippen LogP contribution < -0.4 is 0 Å². The van der Waals surface area contributed by atoms with E-state index in [4.69, 9.17) is 9.47 Å². The first kappa shape index (κ1) is 18.0. The largest absolute Gasteiger partial charge is 0.468 e. The SMILES string of the molecule is COC(=O)C1(c2ccccc2)CCN(C(=O)OC(C)(C)C)C(=O)C1. The zero-order valence-corrected chi connectivity index (χ0v) is 14.5. The molecule has 0 saturated carbocycles. The lowest BCUT2D eigenvalue weighted by Crippen LogP contribution is -2.53. The van der Waals surface area contributed by atoms with Crippen molar-refractivity contribution in [2.45, 2.75) is 44.6 Å². The van der Waals surface area contributed by atoms with Gasteiger partial charge < -0.3 is 9.47 Å². The van der Waals surface area contributed by atoms with Crippen LogP contribution in [0, 0.1) is 0 Å². The molecule has 1 heterocycles. The minimum absolute atomic E-state index is 0.109. The second-order valence-corrected chi connectivity index (χ2v) is 6.89. The molecule has 0 aliphatic carbocycles. The summed E-state index contributed by atoms with van der Waals surface area (Å²) in [5, 5.41) is 0. The molecule has 24 heavy (non-hydrogen) atoms. The number of ether oxygens (including phenoxy) is 2. The van der Waals surface area contributed by atoms with Crippen LogP contribution in [0.4, 0.5) is 4.79 Å². The quantitative estimate of drug-likeness (QED) is 0.778. The number of likely N-dealkylation sites (tertiary alicyclic amines) is 1. The molecular weight excluding hydrogens is 310 g/mol. The third kappa shape index (κ3) is 3.58. The van der Waals surface area contributed by atoms with Crippen LogP contribution in [0.2, 0.25) is 0 Å². The Labute approximate surface area is 141 Å². The molecule has 0 N–H and O–H groups in total. The molecule has 6 heteroatoms. The zero-order valence-electron chi connectivity index (χ0n) is 14.5. The number of hydrogen-bond donors (Lipinski definition) is 0. The van der Waals surface area contributed by atoms with Crippen LogP contribution in [-0.2, 0) is 24.5 Å². The molecule has 0 spiro atoms. The normalized spacial score (nSPS) is 21.3. The summed E-state index contributed by atoms with van der Waals surface area (Å²) in [6, 6.07) is 9.06.